The molecule has 3 rings (SSSR count). The van der Waals surface area contributed by atoms with E-state index in [-0.39, 0.29) is 5.82 Å². The van der Waals surface area contributed by atoms with Gasteiger partial charge in [-0.3, -0.25) is 0 Å². The summed E-state index contributed by atoms with van der Waals surface area (Å²) in [5.74, 6) is 0.676. The smallest absolute Gasteiger partial charge is 0.123 e. The summed E-state index contributed by atoms with van der Waals surface area (Å²) in [5, 5.41) is 4.47. The Morgan fingerprint density at radius 3 is 2.85 bits per heavy atom. The van der Waals surface area contributed by atoms with Crippen molar-refractivity contribution in [1.29, 1.82) is 0 Å². The number of benzene rings is 1. The number of hydrogen-bond acceptors (Lipinski definition) is 4. The zero-order chi connectivity index (χ0) is 18.7. The third kappa shape index (κ3) is 7.32. The van der Waals surface area contributed by atoms with E-state index in [2.05, 4.69) is 10.3 Å². The van der Waals surface area contributed by atoms with Gasteiger partial charge in [-0.25, -0.2) is 9.37 Å². The van der Waals surface area contributed by atoms with Gasteiger partial charge in [-0.2, -0.15) is 0 Å². The van der Waals surface area contributed by atoms with Gasteiger partial charge in [0.15, 0.2) is 0 Å². The van der Waals surface area contributed by atoms with Crippen LogP contribution >= 0.6 is 11.3 Å². The van der Waals surface area contributed by atoms with Crippen LogP contribution in [0.15, 0.2) is 30.5 Å². The van der Waals surface area contributed by atoms with Crippen LogP contribution in [0.2, 0.25) is 0 Å². The minimum absolute atomic E-state index is 0.218. The van der Waals surface area contributed by atoms with Crippen LogP contribution in [0.25, 0.3) is 10.6 Å². The molecule has 1 unspecified atom stereocenters. The van der Waals surface area contributed by atoms with Gasteiger partial charge in [-0.15, -0.1) is 11.3 Å². The molecule has 1 N–H and O–H groups in total. The van der Waals surface area contributed by atoms with E-state index in [1.807, 2.05) is 6.20 Å². The lowest BCUT2D eigenvalue weighted by Crippen LogP contribution is -2.20. The average Bonchev–Trinajstić information content (AvgIpc) is 3.00. The van der Waals surface area contributed by atoms with Crippen LogP contribution in [0.3, 0.4) is 0 Å². The van der Waals surface area contributed by atoms with E-state index >= 15 is 0 Å². The van der Waals surface area contributed by atoms with Gasteiger partial charge in [0.05, 0.1) is 11.5 Å². The first kappa shape index (κ1) is 20.4. The van der Waals surface area contributed by atoms with E-state index in [4.69, 9.17) is 4.74 Å². The van der Waals surface area contributed by atoms with Gasteiger partial charge in [0, 0.05) is 18.4 Å². The summed E-state index contributed by atoms with van der Waals surface area (Å²) in [6.45, 7) is 3.86. The molecule has 0 spiro atoms. The molecule has 1 aromatic carbocycles. The van der Waals surface area contributed by atoms with Crippen molar-refractivity contribution in [2.75, 3.05) is 19.7 Å². The molecule has 5 heteroatoms. The Labute approximate surface area is 166 Å². The molecule has 27 heavy (non-hydrogen) atoms. The van der Waals surface area contributed by atoms with E-state index in [9.17, 15) is 4.39 Å². The zero-order valence-corrected chi connectivity index (χ0v) is 16.9. The number of ether oxygens (including phenoxy) is 1. The lowest BCUT2D eigenvalue weighted by Gasteiger charge is -2.13. The van der Waals surface area contributed by atoms with Crippen LogP contribution in [0, 0.1) is 11.7 Å². The second-order valence-corrected chi connectivity index (χ2v) is 8.58. The highest BCUT2D eigenvalue weighted by molar-refractivity contribution is 7.15. The molecule has 0 radical (unpaired) electrons. The van der Waals surface area contributed by atoms with Gasteiger partial charge in [-0.05, 0) is 69.0 Å². The molecule has 0 amide bonds. The number of hydrogen-bond donors (Lipinski definition) is 1. The predicted molar refractivity (Wildman–Crippen MR) is 110 cm³/mol. The fourth-order valence-corrected chi connectivity index (χ4v) is 4.46. The number of nitrogens with one attached hydrogen (secondary N) is 1. The van der Waals surface area contributed by atoms with Crippen molar-refractivity contribution in [2.24, 2.45) is 5.92 Å². The molecule has 1 aliphatic heterocycles. The van der Waals surface area contributed by atoms with Crippen LogP contribution in [-0.4, -0.2) is 24.7 Å². The Balaban J connectivity index is 1.24. The lowest BCUT2D eigenvalue weighted by atomic mass is 9.96. The Morgan fingerprint density at radius 2 is 1.96 bits per heavy atom. The van der Waals surface area contributed by atoms with Crippen LogP contribution in [0.5, 0.6) is 0 Å². The molecule has 0 saturated carbocycles. The van der Waals surface area contributed by atoms with Crippen molar-refractivity contribution in [3.8, 4) is 10.6 Å². The molecule has 2 aromatic rings. The highest BCUT2D eigenvalue weighted by Crippen LogP contribution is 2.25. The summed E-state index contributed by atoms with van der Waals surface area (Å²) in [6, 6.07) is 6.48. The Bertz CT molecular complexity index is 651. The fraction of sp³-hybridized carbons (Fsp3) is 0.591. The minimum atomic E-state index is -0.218. The number of thiazole rings is 1. The maximum Gasteiger partial charge on any atom is 0.123 e. The van der Waals surface area contributed by atoms with Gasteiger partial charge in [0.25, 0.3) is 0 Å². The second-order valence-electron chi connectivity index (χ2n) is 7.46. The predicted octanol–water partition coefficient (Wildman–Crippen LogP) is 5.81. The molecule has 0 bridgehead atoms. The van der Waals surface area contributed by atoms with Gasteiger partial charge in [0.1, 0.15) is 10.8 Å². The number of unbranched alkanes of at least 4 members (excludes halogenated alkanes) is 3. The average molecular weight is 391 g/mol. The van der Waals surface area contributed by atoms with Gasteiger partial charge in [-0.1, -0.05) is 25.7 Å². The molecule has 1 fully saturated rings. The van der Waals surface area contributed by atoms with E-state index in [0.717, 1.165) is 34.4 Å². The summed E-state index contributed by atoms with van der Waals surface area (Å²) in [5.41, 5.74) is 0.955. The number of halogens is 1. The molecule has 0 aliphatic carbocycles. The molecular formula is C22H31FN2OS. The first-order valence-corrected chi connectivity index (χ1v) is 11.1. The number of aromatic nitrogens is 1. The van der Waals surface area contributed by atoms with Crippen molar-refractivity contribution in [3.05, 3.63) is 41.2 Å². The number of nitrogens with zero attached hydrogens (tertiary/aromatic N) is 1. The van der Waals surface area contributed by atoms with Crippen molar-refractivity contribution < 1.29 is 9.13 Å². The third-order valence-corrected chi connectivity index (χ3v) is 6.21. The molecule has 1 aliphatic rings. The summed E-state index contributed by atoms with van der Waals surface area (Å²) < 4.78 is 18.8. The minimum Gasteiger partial charge on any atom is -0.376 e. The fourth-order valence-electron chi connectivity index (χ4n) is 3.60. The maximum atomic E-state index is 13.0. The Kier molecular flexibility index (Phi) is 8.72. The maximum absolute atomic E-state index is 13.0. The second kappa shape index (κ2) is 11.5. The summed E-state index contributed by atoms with van der Waals surface area (Å²) >= 11 is 1.62. The molecule has 1 saturated heterocycles. The van der Waals surface area contributed by atoms with E-state index < -0.39 is 0 Å². The largest absolute Gasteiger partial charge is 0.376 e. The monoisotopic (exact) mass is 390 g/mol. The Hall–Kier alpha value is -1.30. The standard InChI is InChI=1S/C22H31FN2OS/c23-20-11-9-19(10-12-20)22-25-16-21(27-22)17-26-14-6-2-1-3-7-18-8-4-5-13-24-15-18/h9-12,16,18,24H,1-8,13-15,17H2. The molecule has 1 atom stereocenters. The summed E-state index contributed by atoms with van der Waals surface area (Å²) in [4.78, 5) is 5.54. The first-order valence-electron chi connectivity index (χ1n) is 10.3. The van der Waals surface area contributed by atoms with E-state index in [1.54, 1.807) is 23.5 Å². The van der Waals surface area contributed by atoms with Crippen molar-refractivity contribution in [3.63, 3.8) is 0 Å². The van der Waals surface area contributed by atoms with Gasteiger partial charge < -0.3 is 10.1 Å². The topological polar surface area (TPSA) is 34.1 Å². The lowest BCUT2D eigenvalue weighted by molar-refractivity contribution is 0.118. The zero-order valence-electron chi connectivity index (χ0n) is 16.1. The highest BCUT2D eigenvalue weighted by Gasteiger charge is 2.11. The van der Waals surface area contributed by atoms with Crippen LogP contribution < -0.4 is 5.32 Å². The van der Waals surface area contributed by atoms with Gasteiger partial charge in [0.2, 0.25) is 0 Å². The molecule has 2 heterocycles. The van der Waals surface area contributed by atoms with Crippen molar-refractivity contribution in [1.82, 2.24) is 10.3 Å². The third-order valence-electron chi connectivity index (χ3n) is 5.19. The van der Waals surface area contributed by atoms with Crippen LogP contribution in [-0.2, 0) is 11.3 Å². The molecule has 3 nitrogen and oxygen atoms in total. The van der Waals surface area contributed by atoms with Crippen molar-refractivity contribution >= 4 is 11.3 Å². The molecule has 1 aromatic heterocycles. The van der Waals surface area contributed by atoms with Crippen LogP contribution in [0.1, 0.15) is 56.2 Å². The SMILES string of the molecule is Fc1ccc(-c2ncc(COCCCCCCC3CCCCNC3)s2)cc1. The van der Waals surface area contributed by atoms with Crippen molar-refractivity contribution in [2.45, 2.75) is 58.0 Å². The molecular weight excluding hydrogens is 359 g/mol. The molecule has 148 valence electrons. The van der Waals surface area contributed by atoms with E-state index in [1.165, 1.54) is 70.2 Å². The number of rotatable bonds is 10. The first-order chi connectivity index (χ1) is 13.3. The Morgan fingerprint density at radius 1 is 1.11 bits per heavy atom. The summed E-state index contributed by atoms with van der Waals surface area (Å²) in [6.07, 6.45) is 12.4. The highest BCUT2D eigenvalue weighted by atomic mass is 32.1. The summed E-state index contributed by atoms with van der Waals surface area (Å²) in [7, 11) is 0. The normalized spacial score (nSPS) is 17.7. The van der Waals surface area contributed by atoms with Gasteiger partial charge >= 0.3 is 0 Å². The van der Waals surface area contributed by atoms with Crippen LogP contribution in [0.4, 0.5) is 4.39 Å². The van der Waals surface area contributed by atoms with E-state index in [0.29, 0.717) is 6.61 Å². The quantitative estimate of drug-likeness (QED) is 0.520.